The summed E-state index contributed by atoms with van der Waals surface area (Å²) in [6.07, 6.45) is 3.51. The van der Waals surface area contributed by atoms with Crippen molar-refractivity contribution in [1.29, 1.82) is 0 Å². The molecule has 11 N–H and O–H groups in total. The first-order valence-corrected chi connectivity index (χ1v) is 12.6. The van der Waals surface area contributed by atoms with Gasteiger partial charge in [-0.2, -0.15) is 0 Å². The molecule has 0 aliphatic carbocycles. The van der Waals surface area contributed by atoms with Gasteiger partial charge in [-0.1, -0.05) is 13.8 Å². The van der Waals surface area contributed by atoms with Crippen LogP contribution < -0.4 is 33.6 Å². The summed E-state index contributed by atoms with van der Waals surface area (Å²) in [6, 6.07) is -3.62. The second-order valence-corrected chi connectivity index (χ2v) is 9.62. The van der Waals surface area contributed by atoms with Crippen LogP contribution in [0.3, 0.4) is 0 Å². The van der Waals surface area contributed by atoms with E-state index < -0.39 is 47.9 Å². The molecule has 1 fully saturated rings. The van der Waals surface area contributed by atoms with E-state index in [1.165, 1.54) is 4.90 Å². The van der Waals surface area contributed by atoms with Gasteiger partial charge in [0.1, 0.15) is 18.1 Å². The monoisotopic (exact) mass is 512 g/mol. The largest absolute Gasteiger partial charge is 0.480 e. The summed E-state index contributed by atoms with van der Waals surface area (Å²) >= 11 is 0. The number of nitrogens with one attached hydrogen (secondary N) is 2. The van der Waals surface area contributed by atoms with Crippen LogP contribution in [0.15, 0.2) is 4.99 Å². The zero-order valence-electron chi connectivity index (χ0n) is 21.4. The number of aliphatic carboxylic acids is 1. The maximum atomic E-state index is 13.3. The van der Waals surface area contributed by atoms with Crippen molar-refractivity contribution in [2.45, 2.75) is 89.4 Å². The lowest BCUT2D eigenvalue weighted by Crippen LogP contribution is -2.57. The number of hydrogen-bond donors (Lipinski definition) is 7. The Kier molecular flexibility index (Phi) is 13.8. The molecule has 13 heteroatoms. The molecule has 1 saturated heterocycles. The summed E-state index contributed by atoms with van der Waals surface area (Å²) in [5.41, 5.74) is 22.3. The number of nitrogens with zero attached hydrogens (tertiary/aromatic N) is 2. The van der Waals surface area contributed by atoms with E-state index in [1.54, 1.807) is 0 Å². The molecule has 0 spiro atoms. The molecule has 3 amide bonds. The molecule has 0 radical (unpaired) electrons. The third-order valence-electron chi connectivity index (χ3n) is 6.02. The first kappa shape index (κ1) is 31.1. The Morgan fingerprint density at radius 2 is 1.67 bits per heavy atom. The van der Waals surface area contributed by atoms with Gasteiger partial charge in [-0.3, -0.25) is 19.4 Å². The first-order valence-electron chi connectivity index (χ1n) is 12.6. The highest BCUT2D eigenvalue weighted by atomic mass is 16.4. The van der Waals surface area contributed by atoms with Crippen LogP contribution in [-0.2, 0) is 19.2 Å². The number of carboxylic acids is 1. The van der Waals surface area contributed by atoms with Crippen LogP contribution in [0, 0.1) is 5.92 Å². The number of guanidine groups is 1. The molecule has 0 bridgehead atoms. The Morgan fingerprint density at radius 3 is 2.25 bits per heavy atom. The van der Waals surface area contributed by atoms with Crippen molar-refractivity contribution < 1.29 is 24.3 Å². The minimum atomic E-state index is -1.09. The Morgan fingerprint density at radius 1 is 1.03 bits per heavy atom. The van der Waals surface area contributed by atoms with Gasteiger partial charge in [-0.05, 0) is 63.8 Å². The summed E-state index contributed by atoms with van der Waals surface area (Å²) in [5.74, 6) is -2.45. The van der Waals surface area contributed by atoms with Gasteiger partial charge in [0.05, 0.1) is 6.04 Å². The maximum absolute atomic E-state index is 13.3. The third-order valence-corrected chi connectivity index (χ3v) is 6.02. The highest BCUT2D eigenvalue weighted by Gasteiger charge is 2.38. The van der Waals surface area contributed by atoms with Gasteiger partial charge in [0.2, 0.25) is 17.7 Å². The molecule has 0 saturated carbocycles. The minimum Gasteiger partial charge on any atom is -0.480 e. The molecule has 13 nitrogen and oxygen atoms in total. The molecule has 1 rings (SSSR count). The van der Waals surface area contributed by atoms with Gasteiger partial charge in [0.25, 0.3) is 0 Å². The van der Waals surface area contributed by atoms with Gasteiger partial charge >= 0.3 is 5.97 Å². The van der Waals surface area contributed by atoms with Crippen LogP contribution >= 0.6 is 0 Å². The summed E-state index contributed by atoms with van der Waals surface area (Å²) in [6.45, 7) is 4.86. The molecule has 4 atom stereocenters. The van der Waals surface area contributed by atoms with Crippen molar-refractivity contribution >= 4 is 29.7 Å². The van der Waals surface area contributed by atoms with Gasteiger partial charge in [0.15, 0.2) is 5.96 Å². The first-order chi connectivity index (χ1) is 17.0. The van der Waals surface area contributed by atoms with Gasteiger partial charge in [-0.15, -0.1) is 0 Å². The lowest BCUT2D eigenvalue weighted by Gasteiger charge is -2.29. The van der Waals surface area contributed by atoms with Crippen LogP contribution in [-0.4, -0.2) is 83.5 Å². The van der Waals surface area contributed by atoms with E-state index in [-0.39, 0.29) is 31.4 Å². The number of rotatable bonds is 16. The molecule has 0 aromatic carbocycles. The number of hydrogen-bond acceptors (Lipinski definition) is 7. The smallest absolute Gasteiger partial charge is 0.326 e. The Hall–Kier alpha value is -2.93. The number of carboxylic acid groups (broad SMARTS) is 1. The average Bonchev–Trinajstić information content (AvgIpc) is 3.29. The van der Waals surface area contributed by atoms with E-state index in [4.69, 9.17) is 22.9 Å². The van der Waals surface area contributed by atoms with E-state index in [0.717, 1.165) is 0 Å². The molecular formula is C23H44N8O5. The van der Waals surface area contributed by atoms with Crippen LogP contribution in [0.5, 0.6) is 0 Å². The SMILES string of the molecule is CC(C)CC(N)C(=O)NC(CCCCN)C(=O)NC(CCCN=C(N)N)C(=O)N1CCCC1C(=O)O. The Labute approximate surface area is 212 Å². The molecule has 1 aliphatic rings. The lowest BCUT2D eigenvalue weighted by molar-refractivity contribution is -0.149. The molecule has 4 unspecified atom stereocenters. The number of carbonyl (C=O) groups is 4. The van der Waals surface area contributed by atoms with E-state index in [0.29, 0.717) is 51.5 Å². The number of amides is 3. The number of carbonyl (C=O) groups excluding carboxylic acids is 3. The van der Waals surface area contributed by atoms with Crippen molar-refractivity contribution in [1.82, 2.24) is 15.5 Å². The van der Waals surface area contributed by atoms with E-state index >= 15 is 0 Å². The predicted molar refractivity (Wildman–Crippen MR) is 136 cm³/mol. The van der Waals surface area contributed by atoms with E-state index in [9.17, 15) is 24.3 Å². The minimum absolute atomic E-state index is 0.0900. The van der Waals surface area contributed by atoms with Crippen molar-refractivity contribution in [3.8, 4) is 0 Å². The Balaban J connectivity index is 3.02. The second kappa shape index (κ2) is 15.9. The van der Waals surface area contributed by atoms with Crippen molar-refractivity contribution in [3.63, 3.8) is 0 Å². The van der Waals surface area contributed by atoms with Crippen molar-refractivity contribution in [3.05, 3.63) is 0 Å². The summed E-state index contributed by atoms with van der Waals surface area (Å²) < 4.78 is 0. The van der Waals surface area contributed by atoms with Crippen LogP contribution in [0.1, 0.15) is 65.2 Å². The predicted octanol–water partition coefficient (Wildman–Crippen LogP) is -1.41. The highest BCUT2D eigenvalue weighted by Crippen LogP contribution is 2.20. The van der Waals surface area contributed by atoms with Gasteiger partial charge in [0, 0.05) is 13.1 Å². The zero-order chi connectivity index (χ0) is 27.3. The van der Waals surface area contributed by atoms with Gasteiger partial charge < -0.3 is 43.6 Å². The fraction of sp³-hybridized carbons (Fsp3) is 0.783. The molecular weight excluding hydrogens is 468 g/mol. The fourth-order valence-corrected chi connectivity index (χ4v) is 4.18. The molecule has 1 aliphatic heterocycles. The molecule has 0 aromatic heterocycles. The lowest BCUT2D eigenvalue weighted by atomic mass is 10.0. The van der Waals surface area contributed by atoms with E-state index in [1.807, 2.05) is 13.8 Å². The number of aliphatic imine (C=N–C) groups is 1. The second-order valence-electron chi connectivity index (χ2n) is 9.62. The molecule has 0 aromatic rings. The topological polar surface area (TPSA) is 232 Å². The normalized spacial score (nSPS) is 17.8. The van der Waals surface area contributed by atoms with Crippen LogP contribution in [0.4, 0.5) is 0 Å². The summed E-state index contributed by atoms with van der Waals surface area (Å²) in [5, 5.41) is 14.9. The summed E-state index contributed by atoms with van der Waals surface area (Å²) in [7, 11) is 0. The zero-order valence-corrected chi connectivity index (χ0v) is 21.4. The average molecular weight is 513 g/mol. The molecule has 1 heterocycles. The standard InChI is InChI=1S/C23H44N8O5/c1-14(2)13-15(25)19(32)29-16(7-3-4-10-24)20(33)30-17(8-5-11-28-23(26)27)21(34)31-12-6-9-18(31)22(35)36/h14-18H,3-13,24-25H2,1-2H3,(H,29,32)(H,30,33)(H,35,36)(H4,26,27,28). The third kappa shape index (κ3) is 10.8. The van der Waals surface area contributed by atoms with Crippen LogP contribution in [0.25, 0.3) is 0 Å². The number of likely N-dealkylation sites (tertiary alicyclic amines) is 1. The van der Waals surface area contributed by atoms with E-state index in [2.05, 4.69) is 15.6 Å². The van der Waals surface area contributed by atoms with Crippen molar-refractivity contribution in [2.75, 3.05) is 19.6 Å². The highest BCUT2D eigenvalue weighted by molar-refractivity contribution is 5.94. The Bertz CT molecular complexity index is 772. The molecule has 206 valence electrons. The summed E-state index contributed by atoms with van der Waals surface area (Å²) in [4.78, 5) is 56.0. The van der Waals surface area contributed by atoms with Crippen molar-refractivity contribution in [2.24, 2.45) is 33.8 Å². The fourth-order valence-electron chi connectivity index (χ4n) is 4.18. The number of nitrogens with two attached hydrogens (primary N) is 4. The quantitative estimate of drug-likeness (QED) is 0.0729. The van der Waals surface area contributed by atoms with Crippen LogP contribution in [0.2, 0.25) is 0 Å². The number of unbranched alkanes of at least 4 members (excludes halogenated alkanes) is 1. The van der Waals surface area contributed by atoms with Gasteiger partial charge in [-0.25, -0.2) is 4.79 Å². The maximum Gasteiger partial charge on any atom is 0.326 e. The molecule has 36 heavy (non-hydrogen) atoms.